The third-order valence-corrected chi connectivity index (χ3v) is 3.19. The first-order valence-electron chi connectivity index (χ1n) is 5.93. The quantitative estimate of drug-likeness (QED) is 0.710. The molecule has 102 valence electrons. The molecule has 2 aromatic heterocycles. The Morgan fingerprint density at radius 1 is 1.15 bits per heavy atom. The highest BCUT2D eigenvalue weighted by Crippen LogP contribution is 2.18. The number of pyridine rings is 1. The summed E-state index contributed by atoms with van der Waals surface area (Å²) in [6.07, 6.45) is 7.55. The van der Waals surface area contributed by atoms with E-state index < -0.39 is 0 Å². The lowest BCUT2D eigenvalue weighted by Crippen LogP contribution is -1.87. The third kappa shape index (κ3) is 3.00. The molecule has 3 nitrogen and oxygen atoms in total. The first-order chi connectivity index (χ1) is 9.22. The van der Waals surface area contributed by atoms with Gasteiger partial charge in [-0.1, -0.05) is 23.7 Å². The number of imidazole rings is 1. The molecular formula is C15H13Cl2N3. The van der Waals surface area contributed by atoms with E-state index in [-0.39, 0.29) is 12.4 Å². The number of fused-ring (bicyclic) bond motifs is 1. The molecule has 0 amide bonds. The predicted octanol–water partition coefficient (Wildman–Crippen LogP) is 4.21. The summed E-state index contributed by atoms with van der Waals surface area (Å²) in [5.74, 6) is 0. The van der Waals surface area contributed by atoms with Crippen LogP contribution in [-0.2, 0) is 7.05 Å². The van der Waals surface area contributed by atoms with Crippen LogP contribution in [0.4, 0.5) is 0 Å². The molecule has 0 fully saturated rings. The minimum absolute atomic E-state index is 0. The van der Waals surface area contributed by atoms with Gasteiger partial charge in [0.1, 0.15) is 0 Å². The summed E-state index contributed by atoms with van der Waals surface area (Å²) in [5, 5.41) is 1.79. The number of benzene rings is 1. The Labute approximate surface area is 128 Å². The zero-order chi connectivity index (χ0) is 13.2. The van der Waals surface area contributed by atoms with Gasteiger partial charge in [0.2, 0.25) is 0 Å². The highest BCUT2D eigenvalue weighted by molar-refractivity contribution is 6.31. The van der Waals surface area contributed by atoms with E-state index in [1.54, 1.807) is 6.33 Å². The minimum Gasteiger partial charge on any atom is -0.334 e. The highest BCUT2D eigenvalue weighted by atomic mass is 35.5. The van der Waals surface area contributed by atoms with Gasteiger partial charge < -0.3 is 4.57 Å². The molecule has 3 rings (SSSR count). The first kappa shape index (κ1) is 14.6. The summed E-state index contributed by atoms with van der Waals surface area (Å²) in [6, 6.07) is 9.75. The first-order valence-corrected chi connectivity index (χ1v) is 6.31. The van der Waals surface area contributed by atoms with Crippen molar-refractivity contribution in [3.63, 3.8) is 0 Å². The van der Waals surface area contributed by atoms with Gasteiger partial charge in [0.05, 0.1) is 29.4 Å². The Kier molecular flexibility index (Phi) is 4.42. The number of nitrogens with zero attached hydrogens (tertiary/aromatic N) is 3. The number of aromatic nitrogens is 3. The molecule has 2 heterocycles. The van der Waals surface area contributed by atoms with E-state index in [0.717, 1.165) is 22.3 Å². The van der Waals surface area contributed by atoms with Crippen LogP contribution in [0.15, 0.2) is 42.9 Å². The predicted molar refractivity (Wildman–Crippen MR) is 86.1 cm³/mol. The van der Waals surface area contributed by atoms with Crippen LogP contribution in [0.1, 0.15) is 11.4 Å². The maximum absolute atomic E-state index is 5.98. The summed E-state index contributed by atoms with van der Waals surface area (Å²) in [6.45, 7) is 0. The van der Waals surface area contributed by atoms with E-state index in [2.05, 4.69) is 9.97 Å². The molecule has 0 aliphatic heterocycles. The molecule has 0 saturated carbocycles. The number of halogens is 2. The average Bonchev–Trinajstić information content (AvgIpc) is 2.81. The van der Waals surface area contributed by atoms with Gasteiger partial charge in [-0.3, -0.25) is 0 Å². The normalized spacial score (nSPS) is 10.9. The maximum Gasteiger partial charge on any atom is 0.0948 e. The van der Waals surface area contributed by atoms with Crippen LogP contribution in [0, 0.1) is 0 Å². The molecule has 0 atom stereocenters. The molecule has 0 aliphatic carbocycles. The molecule has 20 heavy (non-hydrogen) atoms. The van der Waals surface area contributed by atoms with Crippen LogP contribution in [0.5, 0.6) is 0 Å². The largest absolute Gasteiger partial charge is 0.334 e. The zero-order valence-electron chi connectivity index (χ0n) is 10.8. The zero-order valence-corrected chi connectivity index (χ0v) is 12.4. The molecule has 3 aromatic rings. The molecule has 5 heteroatoms. The van der Waals surface area contributed by atoms with Crippen molar-refractivity contribution in [2.45, 2.75) is 0 Å². The van der Waals surface area contributed by atoms with Gasteiger partial charge in [-0.15, -0.1) is 12.4 Å². The fraction of sp³-hybridized carbons (Fsp3) is 0.0667. The molecule has 0 aliphatic rings. The van der Waals surface area contributed by atoms with Crippen LogP contribution in [0.25, 0.3) is 23.1 Å². The molecule has 0 unspecified atom stereocenters. The lowest BCUT2D eigenvalue weighted by Gasteiger charge is -2.00. The van der Waals surface area contributed by atoms with E-state index in [1.165, 1.54) is 0 Å². The molecule has 0 bridgehead atoms. The van der Waals surface area contributed by atoms with Crippen LogP contribution < -0.4 is 0 Å². The van der Waals surface area contributed by atoms with Crippen molar-refractivity contribution in [3.05, 3.63) is 59.3 Å². The molecule has 0 radical (unpaired) electrons. The van der Waals surface area contributed by atoms with E-state index in [1.807, 2.05) is 60.3 Å². The second-order valence-electron chi connectivity index (χ2n) is 4.34. The van der Waals surface area contributed by atoms with E-state index in [4.69, 9.17) is 11.6 Å². The highest BCUT2D eigenvalue weighted by Gasteiger charge is 1.98. The Morgan fingerprint density at radius 3 is 2.70 bits per heavy atom. The Morgan fingerprint density at radius 2 is 1.95 bits per heavy atom. The SMILES string of the molecule is Cl.Cn1cncc1/C=C/c1ccc2ccc(Cl)cc2n1. The number of hydrogen-bond donors (Lipinski definition) is 0. The second-order valence-corrected chi connectivity index (χ2v) is 4.77. The minimum atomic E-state index is 0. The van der Waals surface area contributed by atoms with Gasteiger partial charge in [0.25, 0.3) is 0 Å². The van der Waals surface area contributed by atoms with Crippen LogP contribution in [0.3, 0.4) is 0 Å². The average molecular weight is 306 g/mol. The van der Waals surface area contributed by atoms with Gasteiger partial charge in [0.15, 0.2) is 0 Å². The van der Waals surface area contributed by atoms with Crippen molar-refractivity contribution in [1.29, 1.82) is 0 Å². The summed E-state index contributed by atoms with van der Waals surface area (Å²) in [5.41, 5.74) is 2.84. The number of rotatable bonds is 2. The maximum atomic E-state index is 5.98. The van der Waals surface area contributed by atoms with Gasteiger partial charge in [-0.25, -0.2) is 9.97 Å². The second kappa shape index (κ2) is 6.07. The van der Waals surface area contributed by atoms with E-state index in [9.17, 15) is 0 Å². The summed E-state index contributed by atoms with van der Waals surface area (Å²) in [4.78, 5) is 8.63. The Balaban J connectivity index is 0.00000147. The fourth-order valence-electron chi connectivity index (χ4n) is 1.90. The van der Waals surface area contributed by atoms with Gasteiger partial charge >= 0.3 is 0 Å². The monoisotopic (exact) mass is 305 g/mol. The van der Waals surface area contributed by atoms with Gasteiger partial charge in [0, 0.05) is 17.5 Å². The van der Waals surface area contributed by atoms with Crippen LogP contribution in [0.2, 0.25) is 5.02 Å². The summed E-state index contributed by atoms with van der Waals surface area (Å²) >= 11 is 5.98. The van der Waals surface area contributed by atoms with E-state index in [0.29, 0.717) is 5.02 Å². The van der Waals surface area contributed by atoms with Crippen molar-refractivity contribution < 1.29 is 0 Å². The standard InChI is InChI=1S/C15H12ClN3.ClH/c1-19-10-17-9-14(19)7-6-13-5-3-11-2-4-12(16)8-15(11)18-13;/h2-10H,1H3;1H/b7-6+;. The lowest BCUT2D eigenvalue weighted by molar-refractivity contribution is 0.902. The third-order valence-electron chi connectivity index (χ3n) is 2.95. The summed E-state index contributed by atoms with van der Waals surface area (Å²) in [7, 11) is 1.96. The van der Waals surface area contributed by atoms with Crippen LogP contribution >= 0.6 is 24.0 Å². The van der Waals surface area contributed by atoms with Gasteiger partial charge in [-0.2, -0.15) is 0 Å². The molecule has 0 N–H and O–H groups in total. The van der Waals surface area contributed by atoms with Crippen molar-refractivity contribution >= 4 is 47.1 Å². The smallest absolute Gasteiger partial charge is 0.0948 e. The molecule has 0 spiro atoms. The fourth-order valence-corrected chi connectivity index (χ4v) is 2.06. The molecule has 1 aromatic carbocycles. The number of hydrogen-bond acceptors (Lipinski definition) is 2. The molecular weight excluding hydrogens is 293 g/mol. The Bertz CT molecular complexity index is 763. The lowest BCUT2D eigenvalue weighted by atomic mass is 10.2. The van der Waals surface area contributed by atoms with Crippen molar-refractivity contribution in [1.82, 2.24) is 14.5 Å². The summed E-state index contributed by atoms with van der Waals surface area (Å²) < 4.78 is 1.95. The van der Waals surface area contributed by atoms with Gasteiger partial charge in [-0.05, 0) is 30.4 Å². The topological polar surface area (TPSA) is 30.7 Å². The van der Waals surface area contributed by atoms with Crippen LogP contribution in [-0.4, -0.2) is 14.5 Å². The van der Waals surface area contributed by atoms with Crippen molar-refractivity contribution in [3.8, 4) is 0 Å². The number of aryl methyl sites for hydroxylation is 1. The Hall–Kier alpha value is -1.84. The molecule has 0 saturated heterocycles. The van der Waals surface area contributed by atoms with Crippen molar-refractivity contribution in [2.75, 3.05) is 0 Å². The van der Waals surface area contributed by atoms with E-state index >= 15 is 0 Å². The van der Waals surface area contributed by atoms with Crippen molar-refractivity contribution in [2.24, 2.45) is 7.05 Å².